The summed E-state index contributed by atoms with van der Waals surface area (Å²) in [5, 5.41) is 2.14. The van der Waals surface area contributed by atoms with Crippen LogP contribution in [0.1, 0.15) is 18.4 Å². The van der Waals surface area contributed by atoms with Crippen LogP contribution in [0.2, 0.25) is 0 Å². The second-order valence-corrected chi connectivity index (χ2v) is 6.21. The molecule has 2 aromatic rings. The van der Waals surface area contributed by atoms with Crippen molar-refractivity contribution in [2.75, 3.05) is 19.6 Å². The lowest BCUT2D eigenvalue weighted by Gasteiger charge is -2.39. The average Bonchev–Trinajstić information content (AvgIpc) is 3.05. The van der Waals surface area contributed by atoms with Crippen molar-refractivity contribution in [1.82, 2.24) is 24.3 Å². The number of piperazine rings is 1. The molecule has 108 valence electrons. The Hall–Kier alpha value is -1.24. The molecule has 6 heteroatoms. The highest BCUT2D eigenvalue weighted by Gasteiger charge is 2.24. The van der Waals surface area contributed by atoms with Crippen LogP contribution in [0.3, 0.4) is 0 Å². The van der Waals surface area contributed by atoms with E-state index in [0.29, 0.717) is 6.04 Å². The maximum absolute atomic E-state index is 4.42. The lowest BCUT2D eigenvalue weighted by Crippen LogP contribution is -2.51. The van der Waals surface area contributed by atoms with E-state index in [-0.39, 0.29) is 0 Å². The molecule has 1 atom stereocenters. The summed E-state index contributed by atoms with van der Waals surface area (Å²) in [6.45, 7) is 7.52. The van der Waals surface area contributed by atoms with Crippen LogP contribution in [0, 0.1) is 0 Å². The Bertz CT molecular complexity index is 536. The molecule has 0 radical (unpaired) electrons. The minimum absolute atomic E-state index is 0.555. The molecule has 0 spiro atoms. The quantitative estimate of drug-likeness (QED) is 0.857. The highest BCUT2D eigenvalue weighted by Crippen LogP contribution is 2.15. The highest BCUT2D eigenvalue weighted by molar-refractivity contribution is 7.07. The fraction of sp³-hybridized carbons (Fsp3) is 0.571. The van der Waals surface area contributed by atoms with E-state index in [4.69, 9.17) is 0 Å². The molecule has 20 heavy (non-hydrogen) atoms. The lowest BCUT2D eigenvalue weighted by molar-refractivity contribution is 0.0701. The van der Waals surface area contributed by atoms with E-state index >= 15 is 0 Å². The number of hydrogen-bond acceptors (Lipinski definition) is 5. The van der Waals surface area contributed by atoms with Crippen LogP contribution in [0.5, 0.6) is 0 Å². The van der Waals surface area contributed by atoms with Crippen molar-refractivity contribution in [2.45, 2.75) is 26.1 Å². The first-order chi connectivity index (χ1) is 9.72. The summed E-state index contributed by atoms with van der Waals surface area (Å²) in [5.74, 6) is 1.14. The Kier molecular flexibility index (Phi) is 4.14. The maximum Gasteiger partial charge on any atom is 0.122 e. The van der Waals surface area contributed by atoms with Crippen molar-refractivity contribution in [3.63, 3.8) is 0 Å². The third kappa shape index (κ3) is 3.08. The van der Waals surface area contributed by atoms with Gasteiger partial charge in [0, 0.05) is 57.0 Å². The molecule has 0 unspecified atom stereocenters. The van der Waals surface area contributed by atoms with Crippen molar-refractivity contribution in [3.05, 3.63) is 34.8 Å². The van der Waals surface area contributed by atoms with E-state index in [9.17, 15) is 0 Å². The van der Waals surface area contributed by atoms with Gasteiger partial charge >= 0.3 is 0 Å². The van der Waals surface area contributed by atoms with Crippen molar-refractivity contribution in [2.24, 2.45) is 7.05 Å². The summed E-state index contributed by atoms with van der Waals surface area (Å²) in [7, 11) is 2.06. The van der Waals surface area contributed by atoms with E-state index in [1.165, 1.54) is 5.69 Å². The summed E-state index contributed by atoms with van der Waals surface area (Å²) < 4.78 is 2.11. The highest BCUT2D eigenvalue weighted by atomic mass is 32.1. The monoisotopic (exact) mass is 291 g/mol. The zero-order valence-electron chi connectivity index (χ0n) is 12.1. The molecule has 3 heterocycles. The van der Waals surface area contributed by atoms with Crippen molar-refractivity contribution < 1.29 is 0 Å². The zero-order valence-corrected chi connectivity index (χ0v) is 12.9. The van der Waals surface area contributed by atoms with Gasteiger partial charge in [0.2, 0.25) is 0 Å². The fourth-order valence-corrected chi connectivity index (χ4v) is 3.27. The smallest absolute Gasteiger partial charge is 0.122 e. The van der Waals surface area contributed by atoms with Crippen LogP contribution < -0.4 is 0 Å². The van der Waals surface area contributed by atoms with Gasteiger partial charge in [0.05, 0.1) is 17.7 Å². The molecule has 0 bridgehead atoms. The van der Waals surface area contributed by atoms with Gasteiger partial charge in [0.1, 0.15) is 5.82 Å². The Balaban J connectivity index is 1.55. The predicted molar refractivity (Wildman–Crippen MR) is 80.5 cm³/mol. The number of imidazole rings is 1. The molecule has 5 nitrogen and oxygen atoms in total. The van der Waals surface area contributed by atoms with Gasteiger partial charge in [-0.05, 0) is 6.92 Å². The third-order valence-electron chi connectivity index (χ3n) is 3.98. The maximum atomic E-state index is 4.42. The third-order valence-corrected chi connectivity index (χ3v) is 4.62. The van der Waals surface area contributed by atoms with Gasteiger partial charge in [0.15, 0.2) is 0 Å². The average molecular weight is 291 g/mol. The minimum Gasteiger partial charge on any atom is -0.337 e. The van der Waals surface area contributed by atoms with Crippen LogP contribution in [0.4, 0.5) is 0 Å². The molecule has 1 aliphatic rings. The molecule has 1 aliphatic heterocycles. The van der Waals surface area contributed by atoms with E-state index in [2.05, 4.69) is 43.7 Å². The predicted octanol–water partition coefficient (Wildman–Crippen LogP) is 1.58. The molecule has 0 aromatic carbocycles. The Labute approximate surface area is 123 Å². The van der Waals surface area contributed by atoms with E-state index in [0.717, 1.165) is 38.5 Å². The van der Waals surface area contributed by atoms with Crippen molar-refractivity contribution in [1.29, 1.82) is 0 Å². The molecule has 1 fully saturated rings. The van der Waals surface area contributed by atoms with E-state index in [1.54, 1.807) is 11.3 Å². The van der Waals surface area contributed by atoms with Gasteiger partial charge < -0.3 is 4.57 Å². The standard InChI is InChI=1S/C14H21N5S/c1-12-7-18(8-13-10-20-11-16-13)5-6-19(12)9-14-15-3-4-17(14)2/h3-4,10-12H,5-9H2,1-2H3/t12-/m1/s1. The largest absolute Gasteiger partial charge is 0.337 e. The van der Waals surface area contributed by atoms with Crippen molar-refractivity contribution >= 4 is 11.3 Å². The number of aryl methyl sites for hydroxylation is 1. The Morgan fingerprint density at radius 2 is 2.20 bits per heavy atom. The first-order valence-electron chi connectivity index (χ1n) is 7.02. The van der Waals surface area contributed by atoms with Gasteiger partial charge in [-0.2, -0.15) is 0 Å². The number of aromatic nitrogens is 3. The normalized spacial score (nSPS) is 21.4. The van der Waals surface area contributed by atoms with Crippen molar-refractivity contribution in [3.8, 4) is 0 Å². The summed E-state index contributed by atoms with van der Waals surface area (Å²) in [4.78, 5) is 13.8. The van der Waals surface area contributed by atoms with Crippen LogP contribution in [0.15, 0.2) is 23.3 Å². The van der Waals surface area contributed by atoms with Gasteiger partial charge in [-0.15, -0.1) is 11.3 Å². The molecule has 0 N–H and O–H groups in total. The van der Waals surface area contributed by atoms with Gasteiger partial charge in [0.25, 0.3) is 0 Å². The van der Waals surface area contributed by atoms with Gasteiger partial charge in [-0.25, -0.2) is 9.97 Å². The Morgan fingerprint density at radius 1 is 1.30 bits per heavy atom. The summed E-state index contributed by atoms with van der Waals surface area (Å²) >= 11 is 1.67. The van der Waals surface area contributed by atoms with E-state index < -0.39 is 0 Å². The number of rotatable bonds is 4. The summed E-state index contributed by atoms with van der Waals surface area (Å²) in [6.07, 6.45) is 3.89. The van der Waals surface area contributed by atoms with Crippen LogP contribution >= 0.6 is 11.3 Å². The molecular weight excluding hydrogens is 270 g/mol. The van der Waals surface area contributed by atoms with Gasteiger partial charge in [-0.3, -0.25) is 9.80 Å². The summed E-state index contributed by atoms with van der Waals surface area (Å²) in [5.41, 5.74) is 3.11. The number of hydrogen-bond donors (Lipinski definition) is 0. The first kappa shape index (κ1) is 13.7. The second kappa shape index (κ2) is 6.03. The molecular formula is C14H21N5S. The zero-order chi connectivity index (χ0) is 13.9. The fourth-order valence-electron chi connectivity index (χ4n) is 2.72. The topological polar surface area (TPSA) is 37.2 Å². The molecule has 0 saturated carbocycles. The Morgan fingerprint density at radius 3 is 2.85 bits per heavy atom. The lowest BCUT2D eigenvalue weighted by atomic mass is 10.2. The van der Waals surface area contributed by atoms with Crippen LogP contribution in [-0.4, -0.2) is 50.0 Å². The number of nitrogens with zero attached hydrogens (tertiary/aromatic N) is 5. The molecule has 2 aromatic heterocycles. The molecule has 3 rings (SSSR count). The molecule has 0 amide bonds. The molecule has 1 saturated heterocycles. The van der Waals surface area contributed by atoms with E-state index in [1.807, 2.05) is 17.9 Å². The summed E-state index contributed by atoms with van der Waals surface area (Å²) in [6, 6.07) is 0.555. The van der Waals surface area contributed by atoms with Crippen LogP contribution in [-0.2, 0) is 20.1 Å². The van der Waals surface area contributed by atoms with Crippen LogP contribution in [0.25, 0.3) is 0 Å². The number of thiazole rings is 1. The SMILES string of the molecule is C[C@@H]1CN(Cc2cscn2)CCN1Cc1nccn1C. The molecule has 0 aliphatic carbocycles. The first-order valence-corrected chi connectivity index (χ1v) is 7.96. The minimum atomic E-state index is 0.555. The second-order valence-electron chi connectivity index (χ2n) is 5.49. The van der Waals surface area contributed by atoms with Gasteiger partial charge in [-0.1, -0.05) is 0 Å².